The Morgan fingerprint density at radius 1 is 1.27 bits per heavy atom. The third-order valence-corrected chi connectivity index (χ3v) is 1.53. The molecule has 0 radical (unpaired) electrons. The van der Waals surface area contributed by atoms with E-state index in [4.69, 9.17) is 0 Å². The molecule has 0 aromatic heterocycles. The molecule has 64 valence electrons. The standard InChI is InChI=1S/C9H18N2/c1-6-7-10-8-11(5)9(2,3)4/h6-8H,1-5H3. The lowest BCUT2D eigenvalue weighted by Gasteiger charge is -2.29. The topological polar surface area (TPSA) is 15.6 Å². The highest BCUT2D eigenvalue weighted by molar-refractivity contribution is 5.56. The van der Waals surface area contributed by atoms with Gasteiger partial charge in [-0.25, -0.2) is 4.99 Å². The van der Waals surface area contributed by atoms with E-state index in [-0.39, 0.29) is 5.54 Å². The molecule has 0 bridgehead atoms. The van der Waals surface area contributed by atoms with Gasteiger partial charge in [-0.3, -0.25) is 0 Å². The van der Waals surface area contributed by atoms with Crippen LogP contribution in [0.3, 0.4) is 0 Å². The monoisotopic (exact) mass is 154 g/mol. The number of rotatable bonds is 2. The Morgan fingerprint density at radius 3 is 2.18 bits per heavy atom. The van der Waals surface area contributed by atoms with Gasteiger partial charge in [0.05, 0.1) is 6.34 Å². The van der Waals surface area contributed by atoms with Gasteiger partial charge >= 0.3 is 0 Å². The molecule has 2 nitrogen and oxygen atoms in total. The zero-order chi connectivity index (χ0) is 8.91. The van der Waals surface area contributed by atoms with Crippen LogP contribution in [-0.2, 0) is 0 Å². The van der Waals surface area contributed by atoms with E-state index < -0.39 is 0 Å². The Balaban J connectivity index is 3.96. The van der Waals surface area contributed by atoms with Crippen LogP contribution in [0.2, 0.25) is 0 Å². The Kier molecular flexibility index (Phi) is 3.86. The number of aliphatic imine (C=N–C) groups is 1. The minimum atomic E-state index is 0.158. The Hall–Kier alpha value is -0.790. The Morgan fingerprint density at radius 2 is 1.82 bits per heavy atom. The fourth-order valence-electron chi connectivity index (χ4n) is 0.398. The smallest absolute Gasteiger partial charge is 0.0906 e. The van der Waals surface area contributed by atoms with Gasteiger partial charge in [0.1, 0.15) is 0 Å². The second-order valence-corrected chi connectivity index (χ2v) is 3.53. The summed E-state index contributed by atoms with van der Waals surface area (Å²) in [5.74, 6) is 0. The van der Waals surface area contributed by atoms with Crippen molar-refractivity contribution in [3.05, 3.63) is 12.3 Å². The SMILES string of the molecule is CC=CN=CN(C)C(C)(C)C. The lowest BCUT2D eigenvalue weighted by molar-refractivity contribution is 0.290. The Bertz CT molecular complexity index is 151. The molecule has 0 N–H and O–H groups in total. The highest BCUT2D eigenvalue weighted by atomic mass is 15.2. The van der Waals surface area contributed by atoms with Crippen LogP contribution >= 0.6 is 0 Å². The van der Waals surface area contributed by atoms with Crippen LogP contribution in [0.1, 0.15) is 27.7 Å². The van der Waals surface area contributed by atoms with E-state index >= 15 is 0 Å². The van der Waals surface area contributed by atoms with E-state index in [0.29, 0.717) is 0 Å². The summed E-state index contributed by atoms with van der Waals surface area (Å²) >= 11 is 0. The molecule has 0 amide bonds. The van der Waals surface area contributed by atoms with Crippen molar-refractivity contribution in [1.82, 2.24) is 4.90 Å². The van der Waals surface area contributed by atoms with Crippen LogP contribution in [0.15, 0.2) is 17.3 Å². The number of hydrogen-bond acceptors (Lipinski definition) is 1. The summed E-state index contributed by atoms with van der Waals surface area (Å²) < 4.78 is 0. The van der Waals surface area contributed by atoms with Gasteiger partial charge in [-0.2, -0.15) is 0 Å². The van der Waals surface area contributed by atoms with Crippen LogP contribution < -0.4 is 0 Å². The quantitative estimate of drug-likeness (QED) is 0.440. The maximum atomic E-state index is 4.08. The normalized spacial score (nSPS) is 13.2. The molecule has 0 aliphatic heterocycles. The van der Waals surface area contributed by atoms with Crippen molar-refractivity contribution in [3.8, 4) is 0 Å². The summed E-state index contributed by atoms with van der Waals surface area (Å²) in [6.45, 7) is 8.40. The van der Waals surface area contributed by atoms with Gasteiger partial charge in [0, 0.05) is 18.8 Å². The van der Waals surface area contributed by atoms with Crippen molar-refractivity contribution in [2.24, 2.45) is 4.99 Å². The van der Waals surface area contributed by atoms with E-state index in [1.54, 1.807) is 6.20 Å². The minimum Gasteiger partial charge on any atom is -0.361 e. The predicted octanol–water partition coefficient (Wildman–Crippen LogP) is 2.28. The fourth-order valence-corrected chi connectivity index (χ4v) is 0.398. The molecule has 11 heavy (non-hydrogen) atoms. The molecule has 0 aliphatic carbocycles. The minimum absolute atomic E-state index is 0.158. The molecule has 0 saturated heterocycles. The van der Waals surface area contributed by atoms with Crippen LogP contribution in [-0.4, -0.2) is 23.8 Å². The molecule has 0 aromatic rings. The van der Waals surface area contributed by atoms with E-state index in [0.717, 1.165) is 0 Å². The molecule has 0 aliphatic rings. The number of nitrogens with zero attached hydrogens (tertiary/aromatic N) is 2. The highest BCUT2D eigenvalue weighted by Crippen LogP contribution is 2.07. The van der Waals surface area contributed by atoms with Gasteiger partial charge in [0.2, 0.25) is 0 Å². The van der Waals surface area contributed by atoms with Gasteiger partial charge in [0.15, 0.2) is 0 Å². The molecule has 0 fully saturated rings. The third-order valence-electron chi connectivity index (χ3n) is 1.53. The fraction of sp³-hybridized carbons (Fsp3) is 0.667. The molecule has 2 heteroatoms. The summed E-state index contributed by atoms with van der Waals surface area (Å²) in [4.78, 5) is 6.15. The summed E-state index contributed by atoms with van der Waals surface area (Å²) in [6.07, 6.45) is 5.52. The summed E-state index contributed by atoms with van der Waals surface area (Å²) in [5.41, 5.74) is 0.158. The molecule has 0 rings (SSSR count). The van der Waals surface area contributed by atoms with E-state index in [1.165, 1.54) is 0 Å². The van der Waals surface area contributed by atoms with Crippen LogP contribution in [0.25, 0.3) is 0 Å². The average molecular weight is 154 g/mol. The lowest BCUT2D eigenvalue weighted by atomic mass is 10.1. The average Bonchev–Trinajstić information content (AvgIpc) is 1.86. The van der Waals surface area contributed by atoms with Crippen molar-refractivity contribution >= 4 is 6.34 Å². The maximum absolute atomic E-state index is 4.08. The van der Waals surface area contributed by atoms with Crippen LogP contribution in [0.5, 0.6) is 0 Å². The number of allylic oxidation sites excluding steroid dienone is 1. The molecular formula is C9H18N2. The summed E-state index contributed by atoms with van der Waals surface area (Å²) in [7, 11) is 2.02. The molecule has 0 aromatic carbocycles. The largest absolute Gasteiger partial charge is 0.361 e. The maximum Gasteiger partial charge on any atom is 0.0906 e. The first-order valence-electron chi connectivity index (χ1n) is 3.86. The zero-order valence-electron chi connectivity index (χ0n) is 8.13. The zero-order valence-corrected chi connectivity index (χ0v) is 8.13. The van der Waals surface area contributed by atoms with Crippen molar-refractivity contribution in [3.63, 3.8) is 0 Å². The molecular weight excluding hydrogens is 136 g/mol. The first-order valence-corrected chi connectivity index (χ1v) is 3.86. The van der Waals surface area contributed by atoms with Gasteiger partial charge in [-0.1, -0.05) is 6.08 Å². The van der Waals surface area contributed by atoms with Crippen molar-refractivity contribution < 1.29 is 0 Å². The summed E-state index contributed by atoms with van der Waals surface area (Å²) in [5, 5.41) is 0. The molecule has 0 spiro atoms. The van der Waals surface area contributed by atoms with Crippen molar-refractivity contribution in [2.75, 3.05) is 7.05 Å². The third kappa shape index (κ3) is 4.59. The second-order valence-electron chi connectivity index (χ2n) is 3.53. The van der Waals surface area contributed by atoms with Gasteiger partial charge in [-0.05, 0) is 27.7 Å². The van der Waals surface area contributed by atoms with Crippen molar-refractivity contribution in [2.45, 2.75) is 33.2 Å². The van der Waals surface area contributed by atoms with Gasteiger partial charge < -0.3 is 4.90 Å². The van der Waals surface area contributed by atoms with Gasteiger partial charge in [-0.15, -0.1) is 0 Å². The molecule has 0 atom stereocenters. The first-order chi connectivity index (χ1) is 4.98. The van der Waals surface area contributed by atoms with Crippen LogP contribution in [0.4, 0.5) is 0 Å². The summed E-state index contributed by atoms with van der Waals surface area (Å²) in [6, 6.07) is 0. The van der Waals surface area contributed by atoms with Crippen LogP contribution in [0, 0.1) is 0 Å². The Labute approximate surface area is 69.6 Å². The lowest BCUT2D eigenvalue weighted by Crippen LogP contribution is -2.36. The molecule has 0 saturated carbocycles. The second kappa shape index (κ2) is 4.16. The van der Waals surface area contributed by atoms with Crippen molar-refractivity contribution in [1.29, 1.82) is 0 Å². The van der Waals surface area contributed by atoms with E-state index in [9.17, 15) is 0 Å². The predicted molar refractivity (Wildman–Crippen MR) is 50.8 cm³/mol. The van der Waals surface area contributed by atoms with Gasteiger partial charge in [0.25, 0.3) is 0 Å². The molecule has 0 unspecified atom stereocenters. The first kappa shape index (κ1) is 10.2. The highest BCUT2D eigenvalue weighted by Gasteiger charge is 2.12. The molecule has 0 heterocycles. The van der Waals surface area contributed by atoms with E-state index in [1.807, 2.05) is 26.4 Å². The van der Waals surface area contributed by atoms with E-state index in [2.05, 4.69) is 30.7 Å². The number of hydrogen-bond donors (Lipinski definition) is 0.